The molecular formula is C7H16ClNO2. The molecule has 0 amide bonds. The summed E-state index contributed by atoms with van der Waals surface area (Å²) in [5.74, 6) is -0.177. The minimum Gasteiger partial charge on any atom is -0.468 e. The van der Waals surface area contributed by atoms with Crippen molar-refractivity contribution < 1.29 is 9.53 Å². The van der Waals surface area contributed by atoms with Gasteiger partial charge in [0.1, 0.15) is 6.04 Å². The van der Waals surface area contributed by atoms with Crippen LogP contribution in [0, 0.1) is 0 Å². The molecule has 0 spiro atoms. The fourth-order valence-corrected chi connectivity index (χ4v) is 0.811. The molecule has 0 rings (SSSR count). The fraction of sp³-hybridized carbons (Fsp3) is 0.857. The van der Waals surface area contributed by atoms with E-state index in [1.807, 2.05) is 6.92 Å². The quantitative estimate of drug-likeness (QED) is 0.657. The smallest absolute Gasteiger partial charge is 0.322 e. The SMILES string of the molecule is CCC[C@H](NC)C(=O)OC.Cl. The highest BCUT2D eigenvalue weighted by Gasteiger charge is 2.14. The second-order valence-electron chi connectivity index (χ2n) is 2.15. The molecular weight excluding hydrogens is 166 g/mol. The number of rotatable bonds is 4. The maximum atomic E-state index is 10.8. The first kappa shape index (κ1) is 13.3. The molecule has 4 heteroatoms. The van der Waals surface area contributed by atoms with E-state index in [0.29, 0.717) is 0 Å². The highest BCUT2D eigenvalue weighted by atomic mass is 35.5. The molecule has 0 saturated carbocycles. The minimum atomic E-state index is -0.177. The van der Waals surface area contributed by atoms with E-state index in [-0.39, 0.29) is 24.4 Å². The summed E-state index contributed by atoms with van der Waals surface area (Å²) in [6, 6.07) is -0.130. The Morgan fingerprint density at radius 2 is 2.18 bits per heavy atom. The van der Waals surface area contributed by atoms with E-state index >= 15 is 0 Å². The molecule has 11 heavy (non-hydrogen) atoms. The average Bonchev–Trinajstić information content (AvgIpc) is 1.99. The van der Waals surface area contributed by atoms with Crippen LogP contribution in [0.4, 0.5) is 0 Å². The molecule has 0 unspecified atom stereocenters. The van der Waals surface area contributed by atoms with E-state index in [0.717, 1.165) is 12.8 Å². The first-order chi connectivity index (χ1) is 4.76. The van der Waals surface area contributed by atoms with Crippen molar-refractivity contribution in [3.8, 4) is 0 Å². The van der Waals surface area contributed by atoms with Crippen molar-refractivity contribution >= 4 is 18.4 Å². The fourth-order valence-electron chi connectivity index (χ4n) is 0.811. The van der Waals surface area contributed by atoms with Crippen molar-refractivity contribution in [3.63, 3.8) is 0 Å². The van der Waals surface area contributed by atoms with Gasteiger partial charge >= 0.3 is 5.97 Å². The normalized spacial score (nSPS) is 11.5. The van der Waals surface area contributed by atoms with Gasteiger partial charge in [0.05, 0.1) is 7.11 Å². The third-order valence-corrected chi connectivity index (χ3v) is 1.41. The average molecular weight is 182 g/mol. The number of likely N-dealkylation sites (N-methyl/N-ethyl adjacent to an activating group) is 1. The number of halogens is 1. The van der Waals surface area contributed by atoms with Gasteiger partial charge in [0.15, 0.2) is 0 Å². The highest BCUT2D eigenvalue weighted by Crippen LogP contribution is 1.96. The topological polar surface area (TPSA) is 38.3 Å². The van der Waals surface area contributed by atoms with Gasteiger partial charge in [-0.2, -0.15) is 0 Å². The second-order valence-corrected chi connectivity index (χ2v) is 2.15. The summed E-state index contributed by atoms with van der Waals surface area (Å²) in [7, 11) is 3.17. The van der Waals surface area contributed by atoms with Crippen LogP contribution in [0.15, 0.2) is 0 Å². The lowest BCUT2D eigenvalue weighted by atomic mass is 10.2. The van der Waals surface area contributed by atoms with Crippen molar-refractivity contribution in [1.82, 2.24) is 5.32 Å². The predicted octanol–water partition coefficient (Wildman–Crippen LogP) is 0.969. The molecule has 3 nitrogen and oxygen atoms in total. The van der Waals surface area contributed by atoms with Crippen LogP contribution >= 0.6 is 12.4 Å². The van der Waals surface area contributed by atoms with Gasteiger partial charge in [0.2, 0.25) is 0 Å². The first-order valence-corrected chi connectivity index (χ1v) is 3.51. The van der Waals surface area contributed by atoms with Crippen molar-refractivity contribution in [1.29, 1.82) is 0 Å². The summed E-state index contributed by atoms with van der Waals surface area (Å²) in [6.45, 7) is 2.04. The predicted molar refractivity (Wildman–Crippen MR) is 47.0 cm³/mol. The Labute approximate surface area is 73.9 Å². The molecule has 0 bridgehead atoms. The van der Waals surface area contributed by atoms with Crippen LogP contribution in [0.5, 0.6) is 0 Å². The largest absolute Gasteiger partial charge is 0.468 e. The van der Waals surface area contributed by atoms with Crippen LogP contribution in [-0.4, -0.2) is 26.2 Å². The van der Waals surface area contributed by atoms with Crippen molar-refractivity contribution in [3.05, 3.63) is 0 Å². The summed E-state index contributed by atoms with van der Waals surface area (Å²) < 4.78 is 4.55. The van der Waals surface area contributed by atoms with Crippen LogP contribution in [0.1, 0.15) is 19.8 Å². The van der Waals surface area contributed by atoms with Crippen LogP contribution in [0.2, 0.25) is 0 Å². The van der Waals surface area contributed by atoms with Gasteiger partial charge in [-0.05, 0) is 13.5 Å². The van der Waals surface area contributed by atoms with E-state index in [9.17, 15) is 4.79 Å². The number of methoxy groups -OCH3 is 1. The van der Waals surface area contributed by atoms with E-state index in [4.69, 9.17) is 0 Å². The Bertz CT molecular complexity index is 109. The molecule has 0 radical (unpaired) electrons. The summed E-state index contributed by atoms with van der Waals surface area (Å²) in [6.07, 6.45) is 1.82. The summed E-state index contributed by atoms with van der Waals surface area (Å²) in [4.78, 5) is 10.8. The lowest BCUT2D eigenvalue weighted by Crippen LogP contribution is -2.34. The maximum Gasteiger partial charge on any atom is 0.322 e. The molecule has 0 saturated heterocycles. The van der Waals surface area contributed by atoms with Crippen molar-refractivity contribution in [2.45, 2.75) is 25.8 Å². The molecule has 0 aliphatic rings. The molecule has 0 aliphatic heterocycles. The maximum absolute atomic E-state index is 10.8. The van der Waals surface area contributed by atoms with E-state index in [2.05, 4.69) is 10.1 Å². The lowest BCUT2D eigenvalue weighted by Gasteiger charge is -2.11. The standard InChI is InChI=1S/C7H15NO2.ClH/c1-4-5-6(8-2)7(9)10-3;/h6,8H,4-5H2,1-3H3;1H/t6-;/m0./s1. The van der Waals surface area contributed by atoms with Gasteiger partial charge in [0.25, 0.3) is 0 Å². The third kappa shape index (κ3) is 5.04. The van der Waals surface area contributed by atoms with E-state index in [1.54, 1.807) is 7.05 Å². The van der Waals surface area contributed by atoms with Gasteiger partial charge in [-0.25, -0.2) is 0 Å². The Kier molecular flexibility index (Phi) is 9.47. The number of hydrogen-bond acceptors (Lipinski definition) is 3. The highest BCUT2D eigenvalue weighted by molar-refractivity contribution is 5.85. The zero-order chi connectivity index (χ0) is 7.98. The molecule has 0 aromatic rings. The van der Waals surface area contributed by atoms with Gasteiger partial charge in [-0.15, -0.1) is 12.4 Å². The summed E-state index contributed by atoms with van der Waals surface area (Å²) in [5, 5.41) is 2.88. The van der Waals surface area contributed by atoms with Crippen molar-refractivity contribution in [2.24, 2.45) is 0 Å². The lowest BCUT2D eigenvalue weighted by molar-refractivity contribution is -0.143. The molecule has 0 heterocycles. The monoisotopic (exact) mass is 181 g/mol. The minimum absolute atomic E-state index is 0. The van der Waals surface area contributed by atoms with Crippen LogP contribution in [0.3, 0.4) is 0 Å². The molecule has 1 N–H and O–H groups in total. The number of ether oxygens (including phenoxy) is 1. The zero-order valence-electron chi connectivity index (χ0n) is 7.22. The third-order valence-electron chi connectivity index (χ3n) is 1.41. The Balaban J connectivity index is 0. The van der Waals surface area contributed by atoms with Crippen LogP contribution in [0.25, 0.3) is 0 Å². The molecule has 0 aromatic heterocycles. The number of nitrogens with one attached hydrogen (secondary N) is 1. The number of hydrogen-bond donors (Lipinski definition) is 1. The van der Waals surface area contributed by atoms with Gasteiger partial charge in [-0.1, -0.05) is 13.3 Å². The molecule has 68 valence electrons. The van der Waals surface area contributed by atoms with Gasteiger partial charge in [-0.3, -0.25) is 4.79 Å². The van der Waals surface area contributed by atoms with Crippen LogP contribution < -0.4 is 5.32 Å². The van der Waals surface area contributed by atoms with Crippen LogP contribution in [-0.2, 0) is 9.53 Å². The molecule has 0 aliphatic carbocycles. The van der Waals surface area contributed by atoms with E-state index < -0.39 is 0 Å². The molecule has 1 atom stereocenters. The van der Waals surface area contributed by atoms with Gasteiger partial charge < -0.3 is 10.1 Å². The number of esters is 1. The number of carbonyl (C=O) groups excluding carboxylic acids is 1. The molecule has 0 aromatic carbocycles. The zero-order valence-corrected chi connectivity index (χ0v) is 8.03. The second kappa shape index (κ2) is 7.82. The Morgan fingerprint density at radius 1 is 1.64 bits per heavy atom. The van der Waals surface area contributed by atoms with Crippen molar-refractivity contribution in [2.75, 3.05) is 14.2 Å². The van der Waals surface area contributed by atoms with E-state index in [1.165, 1.54) is 7.11 Å². The van der Waals surface area contributed by atoms with Gasteiger partial charge in [0, 0.05) is 0 Å². The molecule has 0 fully saturated rings. The number of carbonyl (C=O) groups is 1. The Morgan fingerprint density at radius 3 is 2.45 bits per heavy atom. The first-order valence-electron chi connectivity index (χ1n) is 3.51. The summed E-state index contributed by atoms with van der Waals surface area (Å²) >= 11 is 0. The Hall–Kier alpha value is -0.280. The summed E-state index contributed by atoms with van der Waals surface area (Å²) in [5.41, 5.74) is 0.